The molecule has 0 heterocycles. The second-order valence-electron chi connectivity index (χ2n) is 3.80. The van der Waals surface area contributed by atoms with Crippen LogP contribution in [0.2, 0.25) is 0 Å². The van der Waals surface area contributed by atoms with Gasteiger partial charge in [0.05, 0.1) is 6.54 Å². The van der Waals surface area contributed by atoms with E-state index in [0.29, 0.717) is 5.56 Å². The van der Waals surface area contributed by atoms with Crippen LogP contribution in [-0.2, 0) is 4.79 Å². The number of anilines is 1. The van der Waals surface area contributed by atoms with E-state index in [1.54, 1.807) is 39.3 Å². The topological polar surface area (TPSA) is 61.4 Å². The summed E-state index contributed by atoms with van der Waals surface area (Å²) < 4.78 is 0. The lowest BCUT2D eigenvalue weighted by molar-refractivity contribution is -0.126. The van der Waals surface area contributed by atoms with E-state index in [2.05, 4.69) is 10.6 Å². The molecule has 0 aliphatic heterocycles. The smallest absolute Gasteiger partial charge is 0.251 e. The summed E-state index contributed by atoms with van der Waals surface area (Å²) in [6.07, 6.45) is 0. The van der Waals surface area contributed by atoms with Gasteiger partial charge in [-0.05, 0) is 18.2 Å². The molecule has 0 bridgehead atoms. The average molecular weight is 235 g/mol. The van der Waals surface area contributed by atoms with E-state index in [0.717, 1.165) is 5.69 Å². The van der Waals surface area contributed by atoms with E-state index in [1.165, 1.54) is 4.90 Å². The summed E-state index contributed by atoms with van der Waals surface area (Å²) in [5.41, 5.74) is 1.32. The number of likely N-dealkylation sites (N-methyl/N-ethyl adjacent to an activating group) is 1. The van der Waals surface area contributed by atoms with Crippen molar-refractivity contribution in [3.63, 3.8) is 0 Å². The highest BCUT2D eigenvalue weighted by atomic mass is 16.2. The Balaban J connectivity index is 2.66. The van der Waals surface area contributed by atoms with Crippen molar-refractivity contribution in [2.75, 3.05) is 33.0 Å². The van der Waals surface area contributed by atoms with Crippen LogP contribution in [0.25, 0.3) is 0 Å². The van der Waals surface area contributed by atoms with Gasteiger partial charge in [-0.15, -0.1) is 0 Å². The Morgan fingerprint density at radius 2 is 2.00 bits per heavy atom. The van der Waals surface area contributed by atoms with Crippen LogP contribution in [-0.4, -0.2) is 44.4 Å². The summed E-state index contributed by atoms with van der Waals surface area (Å²) in [6.45, 7) is 0.212. The SMILES string of the molecule is CNC(=O)c1cccc(NCC(=O)N(C)C)c1. The number of benzene rings is 1. The third kappa shape index (κ3) is 3.79. The average Bonchev–Trinajstić information content (AvgIpc) is 2.35. The van der Waals surface area contributed by atoms with Crippen molar-refractivity contribution in [1.82, 2.24) is 10.2 Å². The van der Waals surface area contributed by atoms with E-state index in [4.69, 9.17) is 0 Å². The maximum absolute atomic E-state index is 11.4. The quantitative estimate of drug-likeness (QED) is 0.801. The Morgan fingerprint density at radius 3 is 2.59 bits per heavy atom. The number of rotatable bonds is 4. The van der Waals surface area contributed by atoms with Gasteiger partial charge in [0, 0.05) is 32.4 Å². The molecule has 5 nitrogen and oxygen atoms in total. The van der Waals surface area contributed by atoms with Crippen LogP contribution in [0.15, 0.2) is 24.3 Å². The summed E-state index contributed by atoms with van der Waals surface area (Å²) in [5, 5.41) is 5.52. The van der Waals surface area contributed by atoms with Gasteiger partial charge in [0.1, 0.15) is 0 Å². The van der Waals surface area contributed by atoms with E-state index in [1.807, 2.05) is 6.07 Å². The van der Waals surface area contributed by atoms with Crippen molar-refractivity contribution >= 4 is 17.5 Å². The molecule has 2 amide bonds. The zero-order valence-corrected chi connectivity index (χ0v) is 10.3. The minimum absolute atomic E-state index is 0.0182. The van der Waals surface area contributed by atoms with Crippen molar-refractivity contribution in [3.05, 3.63) is 29.8 Å². The Morgan fingerprint density at radius 1 is 1.29 bits per heavy atom. The largest absolute Gasteiger partial charge is 0.376 e. The Bertz CT molecular complexity index is 416. The maximum Gasteiger partial charge on any atom is 0.251 e. The lowest BCUT2D eigenvalue weighted by Crippen LogP contribution is -2.28. The molecule has 1 aromatic carbocycles. The third-order valence-corrected chi connectivity index (χ3v) is 2.29. The predicted octanol–water partition coefficient (Wildman–Crippen LogP) is 0.546. The Hall–Kier alpha value is -2.04. The summed E-state index contributed by atoms with van der Waals surface area (Å²) in [4.78, 5) is 24.3. The lowest BCUT2D eigenvalue weighted by Gasteiger charge is -2.12. The summed E-state index contributed by atoms with van der Waals surface area (Å²) in [5.74, 6) is -0.164. The van der Waals surface area contributed by atoms with E-state index < -0.39 is 0 Å². The Kier molecular flexibility index (Phi) is 4.51. The fourth-order valence-corrected chi connectivity index (χ4v) is 1.25. The minimum Gasteiger partial charge on any atom is -0.376 e. The molecule has 17 heavy (non-hydrogen) atoms. The minimum atomic E-state index is -0.146. The van der Waals surface area contributed by atoms with Gasteiger partial charge in [-0.25, -0.2) is 0 Å². The van der Waals surface area contributed by atoms with Gasteiger partial charge in [-0.1, -0.05) is 6.07 Å². The first-order valence-electron chi connectivity index (χ1n) is 5.30. The second-order valence-corrected chi connectivity index (χ2v) is 3.80. The molecule has 92 valence electrons. The molecule has 0 aliphatic carbocycles. The van der Waals surface area contributed by atoms with Gasteiger partial charge in [0.2, 0.25) is 5.91 Å². The highest BCUT2D eigenvalue weighted by Gasteiger charge is 2.05. The molecule has 5 heteroatoms. The molecule has 0 atom stereocenters. The first kappa shape index (κ1) is 13.0. The molecule has 0 unspecified atom stereocenters. The van der Waals surface area contributed by atoms with Crippen molar-refractivity contribution in [2.45, 2.75) is 0 Å². The molecule has 0 saturated heterocycles. The normalized spacial score (nSPS) is 9.59. The number of amides is 2. The van der Waals surface area contributed by atoms with Gasteiger partial charge in [-0.2, -0.15) is 0 Å². The standard InChI is InChI=1S/C12H17N3O2/c1-13-12(17)9-5-4-6-10(7-9)14-8-11(16)15(2)3/h4-7,14H,8H2,1-3H3,(H,13,17). The maximum atomic E-state index is 11.4. The number of carbonyl (C=O) groups excluding carboxylic acids is 2. The lowest BCUT2D eigenvalue weighted by atomic mass is 10.2. The van der Waals surface area contributed by atoms with Crippen LogP contribution >= 0.6 is 0 Å². The van der Waals surface area contributed by atoms with Crippen molar-refractivity contribution in [3.8, 4) is 0 Å². The molecule has 0 saturated carbocycles. The highest BCUT2D eigenvalue weighted by Crippen LogP contribution is 2.10. The molecule has 0 aliphatic rings. The monoisotopic (exact) mass is 235 g/mol. The van der Waals surface area contributed by atoms with Gasteiger partial charge >= 0.3 is 0 Å². The third-order valence-electron chi connectivity index (χ3n) is 2.29. The molecule has 0 aromatic heterocycles. The number of hydrogen-bond acceptors (Lipinski definition) is 3. The van der Waals surface area contributed by atoms with Crippen LogP contribution in [0.5, 0.6) is 0 Å². The first-order chi connectivity index (χ1) is 8.04. The molecule has 2 N–H and O–H groups in total. The van der Waals surface area contributed by atoms with E-state index in [9.17, 15) is 9.59 Å². The molecule has 0 spiro atoms. The highest BCUT2D eigenvalue weighted by molar-refractivity contribution is 5.95. The van der Waals surface area contributed by atoms with Gasteiger partial charge in [-0.3, -0.25) is 9.59 Å². The molecular formula is C12H17N3O2. The van der Waals surface area contributed by atoms with Crippen LogP contribution in [0.3, 0.4) is 0 Å². The van der Waals surface area contributed by atoms with Gasteiger partial charge in [0.25, 0.3) is 5.91 Å². The van der Waals surface area contributed by atoms with Crippen molar-refractivity contribution in [2.24, 2.45) is 0 Å². The molecular weight excluding hydrogens is 218 g/mol. The second kappa shape index (κ2) is 5.89. The number of hydrogen-bond donors (Lipinski definition) is 2. The zero-order chi connectivity index (χ0) is 12.8. The van der Waals surface area contributed by atoms with Crippen molar-refractivity contribution < 1.29 is 9.59 Å². The molecule has 1 aromatic rings. The van der Waals surface area contributed by atoms with E-state index in [-0.39, 0.29) is 18.4 Å². The predicted molar refractivity (Wildman–Crippen MR) is 67.0 cm³/mol. The van der Waals surface area contributed by atoms with Crippen LogP contribution in [0.4, 0.5) is 5.69 Å². The first-order valence-corrected chi connectivity index (χ1v) is 5.30. The summed E-state index contributed by atoms with van der Waals surface area (Å²) in [7, 11) is 4.98. The number of nitrogens with zero attached hydrogens (tertiary/aromatic N) is 1. The van der Waals surface area contributed by atoms with Gasteiger partial charge < -0.3 is 15.5 Å². The number of carbonyl (C=O) groups is 2. The molecule has 0 fully saturated rings. The summed E-state index contributed by atoms with van der Waals surface area (Å²) >= 11 is 0. The van der Waals surface area contributed by atoms with Crippen LogP contribution in [0, 0.1) is 0 Å². The van der Waals surface area contributed by atoms with Crippen LogP contribution < -0.4 is 10.6 Å². The van der Waals surface area contributed by atoms with Crippen LogP contribution in [0.1, 0.15) is 10.4 Å². The van der Waals surface area contributed by atoms with Gasteiger partial charge in [0.15, 0.2) is 0 Å². The van der Waals surface area contributed by atoms with Crippen molar-refractivity contribution in [1.29, 1.82) is 0 Å². The fraction of sp³-hybridized carbons (Fsp3) is 0.333. The zero-order valence-electron chi connectivity index (χ0n) is 10.3. The Labute approximate surface area is 101 Å². The summed E-state index contributed by atoms with van der Waals surface area (Å²) in [6, 6.07) is 7.02. The molecule has 1 rings (SSSR count). The number of nitrogens with one attached hydrogen (secondary N) is 2. The fourth-order valence-electron chi connectivity index (χ4n) is 1.25. The van der Waals surface area contributed by atoms with E-state index >= 15 is 0 Å². The molecule has 0 radical (unpaired) electrons.